The Labute approximate surface area is 225 Å². The molecule has 4 aromatic heterocycles. The number of fused-ring (bicyclic) bond motifs is 2. The number of nitrogens with one attached hydrogen (secondary N) is 1. The number of benzene rings is 1. The Morgan fingerprint density at radius 2 is 2.03 bits per heavy atom. The smallest absolute Gasteiger partial charge is 0.246 e. The van der Waals surface area contributed by atoms with Gasteiger partial charge in [-0.15, -0.1) is 0 Å². The fourth-order valence-corrected chi connectivity index (χ4v) is 4.97. The van der Waals surface area contributed by atoms with Crippen molar-refractivity contribution in [1.82, 2.24) is 39.4 Å². The van der Waals surface area contributed by atoms with E-state index in [1.807, 2.05) is 24.1 Å². The molecule has 5 heterocycles. The fraction of sp³-hybridized carbons (Fsp3) is 0.250. The first kappa shape index (κ1) is 24.4. The molecular formula is C28H28N10O. The highest BCUT2D eigenvalue weighted by Gasteiger charge is 2.27. The van der Waals surface area contributed by atoms with Crippen LogP contribution in [0.1, 0.15) is 23.6 Å². The molecule has 1 aliphatic heterocycles. The maximum absolute atomic E-state index is 12.1. The van der Waals surface area contributed by atoms with E-state index in [2.05, 4.69) is 73.0 Å². The quantitative estimate of drug-likeness (QED) is 0.336. The summed E-state index contributed by atoms with van der Waals surface area (Å²) >= 11 is 0. The highest BCUT2D eigenvalue weighted by Crippen LogP contribution is 2.26. The second-order valence-corrected chi connectivity index (χ2v) is 9.70. The van der Waals surface area contributed by atoms with Gasteiger partial charge in [0.2, 0.25) is 11.9 Å². The number of hydrogen-bond acceptors (Lipinski definition) is 9. The van der Waals surface area contributed by atoms with E-state index in [1.165, 1.54) is 23.5 Å². The van der Waals surface area contributed by atoms with Gasteiger partial charge >= 0.3 is 0 Å². The summed E-state index contributed by atoms with van der Waals surface area (Å²) in [5.74, 6) is 1.15. The van der Waals surface area contributed by atoms with Crippen molar-refractivity contribution < 1.29 is 4.79 Å². The summed E-state index contributed by atoms with van der Waals surface area (Å²) in [5, 5.41) is 7.59. The molecule has 1 unspecified atom stereocenters. The molecule has 39 heavy (non-hydrogen) atoms. The van der Waals surface area contributed by atoms with Crippen LogP contribution in [0.25, 0.3) is 16.7 Å². The molecule has 6 rings (SSSR count). The largest absolute Gasteiger partial charge is 0.338 e. The summed E-state index contributed by atoms with van der Waals surface area (Å²) in [6.07, 6.45) is 8.88. The van der Waals surface area contributed by atoms with Crippen LogP contribution in [0.15, 0.2) is 68.0 Å². The van der Waals surface area contributed by atoms with Gasteiger partial charge in [0, 0.05) is 37.6 Å². The Balaban J connectivity index is 1.22. The lowest BCUT2D eigenvalue weighted by atomic mass is 10.0. The van der Waals surface area contributed by atoms with E-state index in [1.54, 1.807) is 17.0 Å². The lowest BCUT2D eigenvalue weighted by Crippen LogP contribution is -2.54. The van der Waals surface area contributed by atoms with Crippen molar-refractivity contribution in [2.45, 2.75) is 26.3 Å². The zero-order valence-electron chi connectivity index (χ0n) is 21.8. The second-order valence-electron chi connectivity index (χ2n) is 9.70. The van der Waals surface area contributed by atoms with Gasteiger partial charge in [-0.2, -0.15) is 5.10 Å². The first-order valence-electron chi connectivity index (χ1n) is 12.8. The van der Waals surface area contributed by atoms with Crippen LogP contribution in [-0.2, 0) is 11.2 Å². The summed E-state index contributed by atoms with van der Waals surface area (Å²) in [7, 11) is 0. The van der Waals surface area contributed by atoms with E-state index in [9.17, 15) is 4.79 Å². The number of piperazine rings is 1. The number of carbonyl (C=O) groups excluding carboxylic acids is 1. The van der Waals surface area contributed by atoms with E-state index in [0.29, 0.717) is 42.4 Å². The first-order valence-corrected chi connectivity index (χ1v) is 12.8. The normalized spacial score (nSPS) is 15.6. The molecule has 1 saturated heterocycles. The van der Waals surface area contributed by atoms with Crippen LogP contribution >= 0.6 is 0 Å². The third-order valence-corrected chi connectivity index (χ3v) is 7.08. The number of anilines is 3. The second kappa shape index (κ2) is 10.1. The van der Waals surface area contributed by atoms with Crippen LogP contribution in [0.5, 0.6) is 0 Å². The van der Waals surface area contributed by atoms with E-state index in [0.717, 1.165) is 23.3 Å². The molecule has 5 aromatic rings. The van der Waals surface area contributed by atoms with Gasteiger partial charge in [0.15, 0.2) is 11.5 Å². The molecule has 1 atom stereocenters. The minimum Gasteiger partial charge on any atom is -0.338 e. The number of hydrogen-bond donors (Lipinski definition) is 1. The minimum absolute atomic E-state index is 0.0212. The van der Waals surface area contributed by atoms with Gasteiger partial charge in [0.1, 0.15) is 23.7 Å². The Hall–Kier alpha value is -4.93. The highest BCUT2D eigenvalue weighted by atomic mass is 16.2. The van der Waals surface area contributed by atoms with Gasteiger partial charge in [-0.1, -0.05) is 12.6 Å². The van der Waals surface area contributed by atoms with Crippen LogP contribution in [0.4, 0.5) is 17.5 Å². The molecule has 0 spiro atoms. The van der Waals surface area contributed by atoms with Gasteiger partial charge in [0.25, 0.3) is 0 Å². The number of amides is 1. The van der Waals surface area contributed by atoms with Crippen molar-refractivity contribution >= 4 is 40.0 Å². The Morgan fingerprint density at radius 3 is 2.85 bits per heavy atom. The molecule has 1 amide bonds. The predicted molar refractivity (Wildman–Crippen MR) is 149 cm³/mol. The summed E-state index contributed by atoms with van der Waals surface area (Å²) < 4.78 is 1.76. The number of carbonyl (C=O) groups is 1. The molecule has 196 valence electrons. The van der Waals surface area contributed by atoms with E-state index in [4.69, 9.17) is 4.98 Å². The third kappa shape index (κ3) is 4.86. The van der Waals surface area contributed by atoms with Crippen molar-refractivity contribution in [3.8, 4) is 0 Å². The summed E-state index contributed by atoms with van der Waals surface area (Å²) in [6, 6.07) is 10.4. The SMILES string of the molecule is C=CC(=O)N1CCN(c2ncc3ncnc(Nc4ccc(Cc5ccn6ncnc6c5)c(C)c4)c3n2)CC1C. The van der Waals surface area contributed by atoms with E-state index >= 15 is 0 Å². The number of nitrogens with zero attached hydrogens (tertiary/aromatic N) is 9. The average Bonchev–Trinajstić information content (AvgIpc) is 3.42. The van der Waals surface area contributed by atoms with E-state index < -0.39 is 0 Å². The minimum atomic E-state index is -0.0563. The number of rotatable bonds is 6. The molecule has 1 aliphatic rings. The Kier molecular flexibility index (Phi) is 6.31. The van der Waals surface area contributed by atoms with E-state index in [-0.39, 0.29) is 11.9 Å². The maximum Gasteiger partial charge on any atom is 0.246 e. The maximum atomic E-state index is 12.1. The molecule has 0 bridgehead atoms. The molecule has 0 radical (unpaired) electrons. The third-order valence-electron chi connectivity index (χ3n) is 7.08. The molecule has 11 heteroatoms. The van der Waals surface area contributed by atoms with Crippen molar-refractivity contribution in [1.29, 1.82) is 0 Å². The lowest BCUT2D eigenvalue weighted by Gasteiger charge is -2.39. The van der Waals surface area contributed by atoms with Crippen LogP contribution in [0.2, 0.25) is 0 Å². The highest BCUT2D eigenvalue weighted by molar-refractivity contribution is 5.88. The van der Waals surface area contributed by atoms with Crippen LogP contribution < -0.4 is 10.2 Å². The number of pyridine rings is 1. The zero-order valence-corrected chi connectivity index (χ0v) is 21.8. The van der Waals surface area contributed by atoms with Gasteiger partial charge < -0.3 is 15.1 Å². The summed E-state index contributed by atoms with van der Waals surface area (Å²) in [4.78, 5) is 38.5. The number of aromatic nitrogens is 7. The zero-order chi connectivity index (χ0) is 26.9. The van der Waals surface area contributed by atoms with Crippen molar-refractivity contribution in [3.05, 3.63) is 84.7 Å². The Morgan fingerprint density at radius 1 is 1.13 bits per heavy atom. The Bertz CT molecular complexity index is 1700. The van der Waals surface area contributed by atoms with Crippen LogP contribution in [0.3, 0.4) is 0 Å². The van der Waals surface area contributed by atoms with Crippen LogP contribution in [0, 0.1) is 6.92 Å². The monoisotopic (exact) mass is 520 g/mol. The molecule has 0 aliphatic carbocycles. The molecule has 11 nitrogen and oxygen atoms in total. The van der Waals surface area contributed by atoms with Crippen molar-refractivity contribution in [2.24, 2.45) is 0 Å². The van der Waals surface area contributed by atoms with Gasteiger partial charge in [-0.3, -0.25) is 4.79 Å². The molecular weight excluding hydrogens is 492 g/mol. The molecule has 0 saturated carbocycles. The molecule has 1 fully saturated rings. The van der Waals surface area contributed by atoms with Crippen molar-refractivity contribution in [3.63, 3.8) is 0 Å². The standard InChI is InChI=1S/C28H28N10O/c1-4-25(39)37-10-9-36(15-19(37)3)28-29-14-23-26(35-28)27(32-16-30-23)34-22-6-5-21(18(2)11-22)12-20-7-8-38-24(13-20)31-17-33-38/h4-8,11,13-14,16-17,19H,1,9-10,12,15H2,2-3H3,(H,30,32,34). The van der Waals surface area contributed by atoms with Crippen LogP contribution in [-0.4, -0.2) is 71.0 Å². The lowest BCUT2D eigenvalue weighted by molar-refractivity contribution is -0.128. The number of aryl methyl sites for hydroxylation is 1. The summed E-state index contributed by atoms with van der Waals surface area (Å²) in [5.41, 5.74) is 6.61. The predicted octanol–water partition coefficient (Wildman–Crippen LogP) is 3.33. The first-order chi connectivity index (χ1) is 19.0. The van der Waals surface area contributed by atoms with Gasteiger partial charge in [-0.05, 0) is 67.3 Å². The molecule has 1 N–H and O–H groups in total. The van der Waals surface area contributed by atoms with Gasteiger partial charge in [-0.25, -0.2) is 29.4 Å². The fourth-order valence-electron chi connectivity index (χ4n) is 4.97. The topological polar surface area (TPSA) is 117 Å². The molecule has 1 aromatic carbocycles. The average molecular weight is 521 g/mol. The van der Waals surface area contributed by atoms with Gasteiger partial charge in [0.05, 0.1) is 6.20 Å². The summed E-state index contributed by atoms with van der Waals surface area (Å²) in [6.45, 7) is 9.58. The van der Waals surface area contributed by atoms with Crippen molar-refractivity contribution in [2.75, 3.05) is 29.9 Å².